The first-order valence-corrected chi connectivity index (χ1v) is 8.89. The minimum atomic E-state index is 0.0808. The summed E-state index contributed by atoms with van der Waals surface area (Å²) in [6.45, 7) is 3.40. The molecule has 3 aromatic rings. The maximum absolute atomic E-state index is 12.8. The Hall–Kier alpha value is -2.79. The van der Waals surface area contributed by atoms with Gasteiger partial charge in [0.25, 0.3) is 5.91 Å². The summed E-state index contributed by atoms with van der Waals surface area (Å²) in [6.07, 6.45) is 0. The van der Waals surface area contributed by atoms with Crippen LogP contribution < -0.4 is 4.74 Å². The van der Waals surface area contributed by atoms with Crippen molar-refractivity contribution in [1.82, 2.24) is 14.8 Å². The number of rotatable bonds is 3. The quantitative estimate of drug-likeness (QED) is 0.790. The number of aromatic nitrogens is 1. The number of hydrogen-bond acceptors (Lipinski definition) is 3. The van der Waals surface area contributed by atoms with E-state index in [4.69, 9.17) is 4.74 Å². The number of H-pyrrole nitrogens is 1. The summed E-state index contributed by atoms with van der Waals surface area (Å²) >= 11 is 0. The lowest BCUT2D eigenvalue weighted by molar-refractivity contribution is 0.0659. The fraction of sp³-hybridized carbons (Fsp3) is 0.286. The van der Waals surface area contributed by atoms with Crippen LogP contribution in [0, 0.1) is 0 Å². The van der Waals surface area contributed by atoms with Gasteiger partial charge in [0.2, 0.25) is 0 Å². The number of hydrogen-bond donors (Lipinski definition) is 1. The lowest BCUT2D eigenvalue weighted by Crippen LogP contribution is -2.47. The molecule has 0 saturated carbocycles. The van der Waals surface area contributed by atoms with E-state index in [0.717, 1.165) is 54.0 Å². The first kappa shape index (κ1) is 16.7. The van der Waals surface area contributed by atoms with E-state index in [0.29, 0.717) is 5.69 Å². The molecule has 26 heavy (non-hydrogen) atoms. The molecule has 1 amide bonds. The van der Waals surface area contributed by atoms with Crippen LogP contribution in [0.5, 0.6) is 5.75 Å². The molecule has 5 nitrogen and oxygen atoms in total. The summed E-state index contributed by atoms with van der Waals surface area (Å²) in [4.78, 5) is 20.2. The largest absolute Gasteiger partial charge is 0.497 e. The van der Waals surface area contributed by atoms with E-state index in [-0.39, 0.29) is 5.91 Å². The molecule has 1 fully saturated rings. The highest BCUT2D eigenvalue weighted by Crippen LogP contribution is 2.27. The monoisotopic (exact) mass is 349 g/mol. The molecule has 2 heterocycles. The summed E-state index contributed by atoms with van der Waals surface area (Å²) in [5, 5.41) is 1.04. The Morgan fingerprint density at radius 3 is 2.54 bits per heavy atom. The van der Waals surface area contributed by atoms with Crippen molar-refractivity contribution >= 4 is 16.8 Å². The number of benzene rings is 2. The van der Waals surface area contributed by atoms with Gasteiger partial charge in [-0.05, 0) is 48.5 Å². The van der Waals surface area contributed by atoms with Gasteiger partial charge in [0.05, 0.1) is 7.11 Å². The second kappa shape index (κ2) is 6.84. The zero-order valence-electron chi connectivity index (χ0n) is 15.2. The van der Waals surface area contributed by atoms with Crippen LogP contribution in [-0.4, -0.2) is 61.0 Å². The summed E-state index contributed by atoms with van der Waals surface area (Å²) in [6, 6.07) is 16.2. The Morgan fingerprint density at radius 1 is 1.00 bits per heavy atom. The van der Waals surface area contributed by atoms with Gasteiger partial charge in [-0.2, -0.15) is 0 Å². The molecule has 1 aliphatic rings. The normalized spacial score (nSPS) is 15.4. The number of amides is 1. The van der Waals surface area contributed by atoms with Crippen molar-refractivity contribution in [2.24, 2.45) is 0 Å². The fourth-order valence-electron chi connectivity index (χ4n) is 3.41. The van der Waals surface area contributed by atoms with E-state index in [1.165, 1.54) is 0 Å². The predicted molar refractivity (Wildman–Crippen MR) is 104 cm³/mol. The molecule has 0 bridgehead atoms. The first-order chi connectivity index (χ1) is 12.6. The lowest BCUT2D eigenvalue weighted by atomic mass is 10.0. The zero-order valence-corrected chi connectivity index (χ0v) is 15.2. The molecule has 5 heteroatoms. The number of carbonyl (C=O) groups excluding carboxylic acids is 1. The van der Waals surface area contributed by atoms with E-state index in [2.05, 4.69) is 35.1 Å². The second-order valence-electron chi connectivity index (χ2n) is 6.81. The van der Waals surface area contributed by atoms with Crippen LogP contribution >= 0.6 is 0 Å². The van der Waals surface area contributed by atoms with Crippen molar-refractivity contribution in [3.63, 3.8) is 0 Å². The predicted octanol–water partition coefficient (Wildman–Crippen LogP) is 3.23. The summed E-state index contributed by atoms with van der Waals surface area (Å²) in [7, 11) is 3.76. The first-order valence-electron chi connectivity index (χ1n) is 8.89. The maximum Gasteiger partial charge on any atom is 0.270 e. The van der Waals surface area contributed by atoms with Gasteiger partial charge < -0.3 is 19.5 Å². The zero-order chi connectivity index (χ0) is 18.1. The summed E-state index contributed by atoms with van der Waals surface area (Å²) in [5.74, 6) is 0.917. The van der Waals surface area contributed by atoms with Gasteiger partial charge in [0, 0.05) is 37.1 Å². The average molecular weight is 349 g/mol. The smallest absolute Gasteiger partial charge is 0.270 e. The van der Waals surface area contributed by atoms with E-state index in [1.807, 2.05) is 35.2 Å². The Bertz CT molecular complexity index is 939. The Kier molecular flexibility index (Phi) is 4.39. The topological polar surface area (TPSA) is 48.6 Å². The van der Waals surface area contributed by atoms with Gasteiger partial charge in [0.1, 0.15) is 11.4 Å². The van der Waals surface area contributed by atoms with Gasteiger partial charge in [0.15, 0.2) is 0 Å². The van der Waals surface area contributed by atoms with Crippen molar-refractivity contribution in [2.75, 3.05) is 40.3 Å². The Labute approximate surface area is 153 Å². The maximum atomic E-state index is 12.8. The second-order valence-corrected chi connectivity index (χ2v) is 6.81. The highest BCUT2D eigenvalue weighted by Gasteiger charge is 2.21. The minimum Gasteiger partial charge on any atom is -0.497 e. The van der Waals surface area contributed by atoms with E-state index in [1.54, 1.807) is 7.11 Å². The SMILES string of the molecule is COc1cccc(-c2ccc3[nH]c(C(=O)N4CCN(C)CC4)cc3c2)c1. The number of carbonyl (C=O) groups is 1. The molecule has 0 radical (unpaired) electrons. The lowest BCUT2D eigenvalue weighted by Gasteiger charge is -2.32. The molecule has 0 unspecified atom stereocenters. The third kappa shape index (κ3) is 3.18. The van der Waals surface area contributed by atoms with Gasteiger partial charge in [-0.15, -0.1) is 0 Å². The van der Waals surface area contributed by atoms with E-state index < -0.39 is 0 Å². The molecule has 2 aromatic carbocycles. The van der Waals surface area contributed by atoms with Crippen molar-refractivity contribution in [1.29, 1.82) is 0 Å². The molecule has 0 atom stereocenters. The molecule has 0 aliphatic carbocycles. The third-order valence-electron chi connectivity index (χ3n) is 5.04. The summed E-state index contributed by atoms with van der Waals surface area (Å²) < 4.78 is 5.31. The van der Waals surface area contributed by atoms with Gasteiger partial charge in [-0.1, -0.05) is 18.2 Å². The number of ether oxygens (including phenoxy) is 1. The molecule has 1 saturated heterocycles. The third-order valence-corrected chi connectivity index (χ3v) is 5.04. The van der Waals surface area contributed by atoms with Crippen LogP contribution in [0.2, 0.25) is 0 Å². The Balaban J connectivity index is 1.62. The highest BCUT2D eigenvalue weighted by atomic mass is 16.5. The van der Waals surface area contributed by atoms with Crippen molar-refractivity contribution in [3.8, 4) is 16.9 Å². The highest BCUT2D eigenvalue weighted by molar-refractivity contribution is 5.99. The number of piperazine rings is 1. The molecule has 1 aliphatic heterocycles. The van der Waals surface area contributed by atoms with Crippen molar-refractivity contribution in [3.05, 3.63) is 54.2 Å². The number of aromatic amines is 1. The van der Waals surface area contributed by atoms with Crippen LogP contribution in [-0.2, 0) is 0 Å². The standard InChI is InChI=1S/C21H23N3O2/c1-23-8-10-24(11-9-23)21(25)20-14-17-12-16(6-7-19(17)22-20)15-4-3-5-18(13-15)26-2/h3-7,12-14,22H,8-11H2,1-2H3. The van der Waals surface area contributed by atoms with Crippen LogP contribution in [0.3, 0.4) is 0 Å². The number of fused-ring (bicyclic) bond motifs is 1. The van der Waals surface area contributed by atoms with Crippen LogP contribution in [0.1, 0.15) is 10.5 Å². The van der Waals surface area contributed by atoms with Gasteiger partial charge in [-0.3, -0.25) is 4.79 Å². The fourth-order valence-corrected chi connectivity index (χ4v) is 3.41. The molecular formula is C21H23N3O2. The molecular weight excluding hydrogens is 326 g/mol. The number of methoxy groups -OCH3 is 1. The van der Waals surface area contributed by atoms with Crippen molar-refractivity contribution < 1.29 is 9.53 Å². The number of nitrogens with one attached hydrogen (secondary N) is 1. The molecule has 1 N–H and O–H groups in total. The molecule has 134 valence electrons. The van der Waals surface area contributed by atoms with E-state index in [9.17, 15) is 4.79 Å². The van der Waals surface area contributed by atoms with E-state index >= 15 is 0 Å². The van der Waals surface area contributed by atoms with Crippen LogP contribution in [0.15, 0.2) is 48.5 Å². The number of nitrogens with zero attached hydrogens (tertiary/aromatic N) is 2. The van der Waals surface area contributed by atoms with Gasteiger partial charge in [-0.25, -0.2) is 0 Å². The Morgan fingerprint density at radius 2 is 1.77 bits per heavy atom. The molecule has 1 aromatic heterocycles. The minimum absolute atomic E-state index is 0.0808. The molecule has 0 spiro atoms. The molecule has 4 rings (SSSR count). The van der Waals surface area contributed by atoms with Gasteiger partial charge >= 0.3 is 0 Å². The average Bonchev–Trinajstić information content (AvgIpc) is 3.11. The number of likely N-dealkylation sites (N-methyl/N-ethyl adjacent to an activating group) is 1. The van der Waals surface area contributed by atoms with Crippen LogP contribution in [0.4, 0.5) is 0 Å². The summed E-state index contributed by atoms with van der Waals surface area (Å²) in [5.41, 5.74) is 3.84. The van der Waals surface area contributed by atoms with Crippen LogP contribution in [0.25, 0.3) is 22.0 Å². The van der Waals surface area contributed by atoms with Crippen molar-refractivity contribution in [2.45, 2.75) is 0 Å².